The molecule has 4 aromatic rings. The average molecular weight is 875 g/mol. The Labute approximate surface area is 369 Å². The SMILES string of the molecule is COC(=O)N[C@@H](C(=O)NCCOCCC1=NCC(c2ccc3c(c2)Oc2ccc(C4CN=C([C@@H]5COCCN5C(=O)[C@H](NC(=O)OC)c5ccccc5)N4)cc2O3)N1)c1ccccc1. The minimum Gasteiger partial charge on any atom is -0.453 e. The number of nitrogens with zero attached hydrogens (tertiary/aromatic N) is 3. The second kappa shape index (κ2) is 20.3. The van der Waals surface area contributed by atoms with Crippen LogP contribution in [-0.2, 0) is 28.5 Å². The number of methoxy groups -OCH3 is 2. The summed E-state index contributed by atoms with van der Waals surface area (Å²) in [6.45, 7) is 2.87. The molecule has 4 aromatic carbocycles. The van der Waals surface area contributed by atoms with Crippen LogP contribution in [0.15, 0.2) is 107 Å². The number of hydrogen-bond acceptors (Lipinski definition) is 14. The quantitative estimate of drug-likeness (QED) is 0.0913. The molecule has 64 heavy (non-hydrogen) atoms. The molecule has 5 N–H and O–H groups in total. The zero-order valence-electron chi connectivity index (χ0n) is 35.4. The van der Waals surface area contributed by atoms with Gasteiger partial charge < -0.3 is 59.9 Å². The molecular formula is C46H50N8O10. The number of amides is 4. The lowest BCUT2D eigenvalue weighted by molar-refractivity contribution is -0.139. The van der Waals surface area contributed by atoms with Crippen molar-refractivity contribution in [1.82, 2.24) is 31.5 Å². The fourth-order valence-corrected chi connectivity index (χ4v) is 7.84. The summed E-state index contributed by atoms with van der Waals surface area (Å²) in [4.78, 5) is 62.2. The van der Waals surface area contributed by atoms with Gasteiger partial charge in [-0.05, 0) is 46.5 Å². The van der Waals surface area contributed by atoms with E-state index in [1.54, 1.807) is 41.3 Å². The van der Waals surface area contributed by atoms with Gasteiger partial charge in [0.15, 0.2) is 23.0 Å². The maximum absolute atomic E-state index is 14.0. The van der Waals surface area contributed by atoms with E-state index in [0.29, 0.717) is 79.2 Å². The van der Waals surface area contributed by atoms with Gasteiger partial charge in [-0.2, -0.15) is 0 Å². The van der Waals surface area contributed by atoms with Gasteiger partial charge in [-0.1, -0.05) is 72.8 Å². The summed E-state index contributed by atoms with van der Waals surface area (Å²) >= 11 is 0. The van der Waals surface area contributed by atoms with Crippen LogP contribution in [0.5, 0.6) is 23.0 Å². The van der Waals surface area contributed by atoms with E-state index in [2.05, 4.69) is 36.3 Å². The fourth-order valence-electron chi connectivity index (χ4n) is 7.84. The van der Waals surface area contributed by atoms with Gasteiger partial charge >= 0.3 is 12.2 Å². The predicted octanol–water partition coefficient (Wildman–Crippen LogP) is 4.62. The number of carbonyl (C=O) groups excluding carboxylic acids is 4. The van der Waals surface area contributed by atoms with Crippen molar-refractivity contribution in [3.8, 4) is 23.0 Å². The second-order valence-electron chi connectivity index (χ2n) is 15.3. The van der Waals surface area contributed by atoms with E-state index < -0.39 is 30.3 Å². The number of alkyl carbamates (subject to hydrolysis) is 2. The number of nitrogens with one attached hydrogen (secondary N) is 5. The van der Waals surface area contributed by atoms with Gasteiger partial charge in [0.1, 0.15) is 24.0 Å². The van der Waals surface area contributed by atoms with Crippen molar-refractivity contribution in [2.45, 2.75) is 36.6 Å². The predicted molar refractivity (Wildman–Crippen MR) is 234 cm³/mol. The van der Waals surface area contributed by atoms with Crippen molar-refractivity contribution in [3.05, 3.63) is 119 Å². The van der Waals surface area contributed by atoms with Gasteiger partial charge in [-0.25, -0.2) is 9.59 Å². The summed E-state index contributed by atoms with van der Waals surface area (Å²) in [5, 5.41) is 15.1. The molecule has 0 spiro atoms. The Bertz CT molecular complexity index is 2380. The lowest BCUT2D eigenvalue weighted by atomic mass is 10.0. The average Bonchev–Trinajstić information content (AvgIpc) is 4.04. The number of ether oxygens (including phenoxy) is 6. The number of hydrogen-bond donors (Lipinski definition) is 5. The van der Waals surface area contributed by atoms with Crippen molar-refractivity contribution in [2.75, 3.05) is 66.8 Å². The second-order valence-corrected chi connectivity index (χ2v) is 15.3. The number of rotatable bonds is 15. The van der Waals surface area contributed by atoms with E-state index >= 15 is 0 Å². The third-order valence-corrected chi connectivity index (χ3v) is 11.2. The number of amidine groups is 2. The Balaban J connectivity index is 0.806. The van der Waals surface area contributed by atoms with Gasteiger partial charge in [0.2, 0.25) is 5.91 Å². The van der Waals surface area contributed by atoms with Crippen LogP contribution in [0.25, 0.3) is 0 Å². The molecule has 4 aliphatic rings. The molecule has 4 amide bonds. The molecule has 8 rings (SSSR count). The van der Waals surface area contributed by atoms with Gasteiger partial charge in [0, 0.05) is 19.5 Å². The molecule has 1 fully saturated rings. The maximum atomic E-state index is 14.0. The first kappa shape index (κ1) is 43.5. The monoisotopic (exact) mass is 874 g/mol. The third-order valence-electron chi connectivity index (χ3n) is 11.2. The van der Waals surface area contributed by atoms with E-state index in [1.807, 2.05) is 60.7 Å². The largest absolute Gasteiger partial charge is 0.453 e. The number of aliphatic imine (C=N–C) groups is 2. The highest BCUT2D eigenvalue weighted by molar-refractivity contribution is 5.95. The van der Waals surface area contributed by atoms with E-state index in [9.17, 15) is 19.2 Å². The minimum atomic E-state index is -0.948. The number of carbonyl (C=O) groups is 4. The first-order valence-corrected chi connectivity index (χ1v) is 21.0. The zero-order chi connectivity index (χ0) is 44.4. The molecule has 5 atom stereocenters. The van der Waals surface area contributed by atoms with Crippen LogP contribution >= 0.6 is 0 Å². The molecule has 0 saturated carbocycles. The van der Waals surface area contributed by atoms with Crippen LogP contribution in [-0.4, -0.2) is 113 Å². The minimum absolute atomic E-state index is 0.0547. The fraction of sp³-hybridized carbons (Fsp3) is 0.348. The van der Waals surface area contributed by atoms with E-state index in [1.165, 1.54) is 14.2 Å². The summed E-state index contributed by atoms with van der Waals surface area (Å²) in [6.07, 6.45) is -0.838. The molecule has 0 aliphatic carbocycles. The summed E-state index contributed by atoms with van der Waals surface area (Å²) < 4.78 is 33.8. The topological polar surface area (TPSA) is 212 Å². The van der Waals surface area contributed by atoms with Gasteiger partial charge in [-0.3, -0.25) is 19.6 Å². The van der Waals surface area contributed by atoms with Crippen LogP contribution in [0.1, 0.15) is 52.8 Å². The van der Waals surface area contributed by atoms with E-state index in [-0.39, 0.29) is 43.7 Å². The van der Waals surface area contributed by atoms with Crippen molar-refractivity contribution in [3.63, 3.8) is 0 Å². The van der Waals surface area contributed by atoms with Crippen LogP contribution in [0, 0.1) is 0 Å². The van der Waals surface area contributed by atoms with Gasteiger partial charge in [0.05, 0.1) is 71.7 Å². The zero-order valence-corrected chi connectivity index (χ0v) is 35.4. The molecule has 0 aromatic heterocycles. The molecule has 18 heteroatoms. The summed E-state index contributed by atoms with van der Waals surface area (Å²) in [5.74, 6) is 3.12. The summed E-state index contributed by atoms with van der Waals surface area (Å²) in [5.41, 5.74) is 3.20. The standard InChI is InChI=1S/C46H50N8O10/c1-59-45(57)52-40(28-9-5-3-6-10-28)43(55)47-18-21-61-20-17-39-48-25-32(50-39)30-13-15-35-37(23-30)63-36-16-14-31(24-38(36)64-35)33-26-49-42(51-33)34-27-62-22-19-54(34)44(56)41(53-46(58)60-2)29-11-7-4-8-12-29/h3-16,23-24,32-34,40-41H,17-22,25-27H2,1-2H3,(H,47,55)(H,48,50)(H,49,51)(H,52,57)(H,53,58)/t32?,33?,34-,40+,41+/m0/s1. The molecule has 0 bridgehead atoms. The smallest absolute Gasteiger partial charge is 0.407 e. The number of benzene rings is 4. The van der Waals surface area contributed by atoms with Crippen molar-refractivity contribution >= 4 is 35.7 Å². The van der Waals surface area contributed by atoms with Crippen LogP contribution < -0.4 is 36.1 Å². The number of fused-ring (bicyclic) bond motifs is 2. The Kier molecular flexibility index (Phi) is 13.8. The van der Waals surface area contributed by atoms with Crippen LogP contribution in [0.2, 0.25) is 0 Å². The van der Waals surface area contributed by atoms with Gasteiger partial charge in [-0.15, -0.1) is 0 Å². The normalized spacial score (nSPS) is 19.3. The van der Waals surface area contributed by atoms with Gasteiger partial charge in [0.25, 0.3) is 5.91 Å². The van der Waals surface area contributed by atoms with E-state index in [0.717, 1.165) is 17.0 Å². The first-order valence-electron chi connectivity index (χ1n) is 21.0. The molecule has 1 saturated heterocycles. The molecule has 2 unspecified atom stereocenters. The highest BCUT2D eigenvalue weighted by atomic mass is 16.6. The van der Waals surface area contributed by atoms with Crippen molar-refractivity contribution in [2.24, 2.45) is 9.98 Å². The Hall–Kier alpha value is -7.18. The molecule has 0 radical (unpaired) electrons. The Morgan fingerprint density at radius 1 is 0.734 bits per heavy atom. The Morgan fingerprint density at radius 3 is 1.97 bits per heavy atom. The van der Waals surface area contributed by atoms with Crippen LogP contribution in [0.4, 0.5) is 9.59 Å². The molecule has 18 nitrogen and oxygen atoms in total. The van der Waals surface area contributed by atoms with Crippen molar-refractivity contribution < 1.29 is 47.6 Å². The molecule has 334 valence electrons. The number of morpholine rings is 1. The molecule has 4 aliphatic heterocycles. The first-order chi connectivity index (χ1) is 31.3. The Morgan fingerprint density at radius 2 is 1.33 bits per heavy atom. The molecular weight excluding hydrogens is 825 g/mol. The molecule has 4 heterocycles. The van der Waals surface area contributed by atoms with Crippen LogP contribution in [0.3, 0.4) is 0 Å². The highest BCUT2D eigenvalue weighted by Gasteiger charge is 2.39. The summed E-state index contributed by atoms with van der Waals surface area (Å²) in [6, 6.07) is 27.0. The van der Waals surface area contributed by atoms with E-state index in [4.69, 9.17) is 28.7 Å². The highest BCUT2D eigenvalue weighted by Crippen LogP contribution is 2.47. The lowest BCUT2D eigenvalue weighted by Gasteiger charge is -2.38. The lowest BCUT2D eigenvalue weighted by Crippen LogP contribution is -2.57. The maximum Gasteiger partial charge on any atom is 0.407 e. The van der Waals surface area contributed by atoms with Crippen molar-refractivity contribution in [1.29, 1.82) is 0 Å². The third kappa shape index (κ3) is 10.2. The summed E-state index contributed by atoms with van der Waals surface area (Å²) in [7, 11) is 2.51.